The van der Waals surface area contributed by atoms with E-state index in [1.54, 1.807) is 18.2 Å². The van der Waals surface area contributed by atoms with Gasteiger partial charge >= 0.3 is 0 Å². The number of hydrogen-bond donors (Lipinski definition) is 1. The first-order valence-corrected chi connectivity index (χ1v) is 6.19. The van der Waals surface area contributed by atoms with E-state index in [1.807, 2.05) is 0 Å². The monoisotopic (exact) mass is 262 g/mol. The fourth-order valence-corrected chi connectivity index (χ4v) is 1.99. The fourth-order valence-electron chi connectivity index (χ4n) is 1.99. The van der Waals surface area contributed by atoms with E-state index >= 15 is 0 Å². The second kappa shape index (κ2) is 5.27. The molecule has 3 rings (SSSR count). The van der Waals surface area contributed by atoms with Gasteiger partial charge in [-0.2, -0.15) is 0 Å². The van der Waals surface area contributed by atoms with Gasteiger partial charge in [-0.15, -0.1) is 0 Å². The minimum atomic E-state index is -0.242. The first-order chi connectivity index (χ1) is 9.33. The molecule has 0 radical (unpaired) electrons. The molecule has 1 N–H and O–H groups in total. The van der Waals surface area contributed by atoms with Crippen molar-refractivity contribution >= 4 is 5.91 Å². The second-order valence-electron chi connectivity index (χ2n) is 4.49. The lowest BCUT2D eigenvalue weighted by Gasteiger charge is -2.07. The minimum absolute atomic E-state index is 0.242. The van der Waals surface area contributed by atoms with Crippen LogP contribution in [0.1, 0.15) is 16.9 Å². The molecule has 1 saturated heterocycles. The predicted molar refractivity (Wildman–Crippen MR) is 65.5 cm³/mol. The number of carbonyl (C=O) groups is 1. The van der Waals surface area contributed by atoms with Crippen molar-refractivity contribution in [3.63, 3.8) is 0 Å². The first kappa shape index (κ1) is 12.0. The predicted octanol–water partition coefficient (Wildman–Crippen LogP) is 1.70. The molecule has 0 aliphatic carbocycles. The van der Waals surface area contributed by atoms with Gasteiger partial charge in [0.05, 0.1) is 12.9 Å². The quantitative estimate of drug-likeness (QED) is 0.907. The normalized spacial score (nSPS) is 18.6. The van der Waals surface area contributed by atoms with Gasteiger partial charge < -0.3 is 19.0 Å². The van der Waals surface area contributed by atoms with Crippen LogP contribution < -0.4 is 5.32 Å². The molecule has 0 unspecified atom stereocenters. The summed E-state index contributed by atoms with van der Waals surface area (Å²) in [5, 5.41) is 6.57. The molecule has 100 valence electrons. The highest BCUT2D eigenvalue weighted by atomic mass is 16.5. The van der Waals surface area contributed by atoms with Crippen LogP contribution in [-0.2, 0) is 4.74 Å². The van der Waals surface area contributed by atoms with E-state index in [-0.39, 0.29) is 11.6 Å². The lowest BCUT2D eigenvalue weighted by Crippen LogP contribution is -2.29. The van der Waals surface area contributed by atoms with Gasteiger partial charge in [0.15, 0.2) is 11.5 Å². The van der Waals surface area contributed by atoms with Crippen LogP contribution in [-0.4, -0.2) is 30.8 Å². The topological polar surface area (TPSA) is 77.5 Å². The van der Waals surface area contributed by atoms with Gasteiger partial charge in [-0.3, -0.25) is 4.79 Å². The third-order valence-electron chi connectivity index (χ3n) is 3.08. The third kappa shape index (κ3) is 2.68. The zero-order valence-corrected chi connectivity index (χ0v) is 10.3. The highest BCUT2D eigenvalue weighted by Gasteiger charge is 2.19. The lowest BCUT2D eigenvalue weighted by molar-refractivity contribution is 0.0936. The molecular formula is C13H14N2O4. The molecule has 0 aromatic carbocycles. The number of nitrogens with zero attached hydrogens (tertiary/aromatic N) is 1. The number of furan rings is 1. The van der Waals surface area contributed by atoms with Crippen LogP contribution in [0.4, 0.5) is 0 Å². The Morgan fingerprint density at radius 2 is 2.42 bits per heavy atom. The highest BCUT2D eigenvalue weighted by Crippen LogP contribution is 2.20. The molecule has 6 heteroatoms. The maximum Gasteiger partial charge on any atom is 0.273 e. The maximum absolute atomic E-state index is 11.9. The fraction of sp³-hybridized carbons (Fsp3) is 0.385. The van der Waals surface area contributed by atoms with E-state index in [2.05, 4.69) is 10.5 Å². The summed E-state index contributed by atoms with van der Waals surface area (Å²) in [5.41, 5.74) is 0.255. The van der Waals surface area contributed by atoms with Crippen LogP contribution in [0.3, 0.4) is 0 Å². The van der Waals surface area contributed by atoms with Gasteiger partial charge in [0.1, 0.15) is 0 Å². The Hall–Kier alpha value is -2.08. The molecule has 3 heterocycles. The number of amides is 1. The summed E-state index contributed by atoms with van der Waals surface area (Å²) in [4.78, 5) is 11.9. The van der Waals surface area contributed by atoms with Crippen molar-refractivity contribution in [3.05, 3.63) is 30.2 Å². The smallest absolute Gasteiger partial charge is 0.273 e. The van der Waals surface area contributed by atoms with Crippen molar-refractivity contribution in [2.24, 2.45) is 5.92 Å². The molecule has 1 aliphatic heterocycles. The highest BCUT2D eigenvalue weighted by molar-refractivity contribution is 5.92. The van der Waals surface area contributed by atoms with Crippen LogP contribution in [0.25, 0.3) is 11.5 Å². The first-order valence-electron chi connectivity index (χ1n) is 6.19. The molecule has 2 aromatic heterocycles. The Morgan fingerprint density at radius 3 is 3.16 bits per heavy atom. The van der Waals surface area contributed by atoms with Gasteiger partial charge in [-0.1, -0.05) is 5.16 Å². The largest absolute Gasteiger partial charge is 0.461 e. The molecule has 2 aromatic rings. The zero-order chi connectivity index (χ0) is 13.1. The van der Waals surface area contributed by atoms with Gasteiger partial charge in [0, 0.05) is 25.1 Å². The molecule has 0 saturated carbocycles. The Bertz CT molecular complexity index is 541. The van der Waals surface area contributed by atoms with Crippen LogP contribution >= 0.6 is 0 Å². The molecule has 1 aliphatic rings. The molecule has 0 bridgehead atoms. The summed E-state index contributed by atoms with van der Waals surface area (Å²) in [6.45, 7) is 2.08. The molecule has 1 amide bonds. The standard InChI is InChI=1S/C13H14N2O4/c16-13(14-7-9-3-5-17-8-9)10-6-12(19-15-10)11-2-1-4-18-11/h1-2,4,6,9H,3,5,7-8H2,(H,14,16)/t9-/m1/s1. The van der Waals surface area contributed by atoms with Crippen LogP contribution in [0.2, 0.25) is 0 Å². The van der Waals surface area contributed by atoms with E-state index < -0.39 is 0 Å². The second-order valence-corrected chi connectivity index (χ2v) is 4.49. The molecule has 19 heavy (non-hydrogen) atoms. The average molecular weight is 262 g/mol. The van der Waals surface area contributed by atoms with Crippen molar-refractivity contribution in [1.82, 2.24) is 10.5 Å². The number of carbonyl (C=O) groups excluding carboxylic acids is 1. The number of hydrogen-bond acceptors (Lipinski definition) is 5. The summed E-state index contributed by atoms with van der Waals surface area (Å²) in [5.74, 6) is 1.14. The SMILES string of the molecule is O=C(NC[C@H]1CCOC1)c1cc(-c2ccco2)on1. The van der Waals surface area contributed by atoms with Crippen molar-refractivity contribution < 1.29 is 18.5 Å². The summed E-state index contributed by atoms with van der Waals surface area (Å²) in [6, 6.07) is 5.06. The van der Waals surface area contributed by atoms with Crippen molar-refractivity contribution in [2.45, 2.75) is 6.42 Å². The van der Waals surface area contributed by atoms with Gasteiger partial charge in [-0.05, 0) is 18.6 Å². The maximum atomic E-state index is 11.9. The Morgan fingerprint density at radius 1 is 1.47 bits per heavy atom. The van der Waals surface area contributed by atoms with Gasteiger partial charge in [0.2, 0.25) is 5.76 Å². The summed E-state index contributed by atoms with van der Waals surface area (Å²) in [6.07, 6.45) is 2.52. The van der Waals surface area contributed by atoms with Crippen molar-refractivity contribution in [3.8, 4) is 11.5 Å². The third-order valence-corrected chi connectivity index (χ3v) is 3.08. The van der Waals surface area contributed by atoms with E-state index in [0.29, 0.717) is 30.6 Å². The molecule has 1 atom stereocenters. The van der Waals surface area contributed by atoms with Gasteiger partial charge in [-0.25, -0.2) is 0 Å². The van der Waals surface area contributed by atoms with Crippen molar-refractivity contribution in [1.29, 1.82) is 0 Å². The average Bonchev–Trinajstić information content (AvgIpc) is 3.14. The summed E-state index contributed by atoms with van der Waals surface area (Å²) < 4.78 is 15.5. The Labute approximate surface area is 109 Å². The van der Waals surface area contributed by atoms with Crippen molar-refractivity contribution in [2.75, 3.05) is 19.8 Å². The number of rotatable bonds is 4. The summed E-state index contributed by atoms with van der Waals surface area (Å²) in [7, 11) is 0. The number of ether oxygens (including phenoxy) is 1. The lowest BCUT2D eigenvalue weighted by atomic mass is 10.1. The number of nitrogens with one attached hydrogen (secondary N) is 1. The Kier molecular flexibility index (Phi) is 3.33. The van der Waals surface area contributed by atoms with E-state index in [0.717, 1.165) is 13.0 Å². The van der Waals surface area contributed by atoms with E-state index in [9.17, 15) is 4.79 Å². The number of aromatic nitrogens is 1. The van der Waals surface area contributed by atoms with Crippen LogP contribution in [0, 0.1) is 5.92 Å². The molecule has 1 fully saturated rings. The summed E-state index contributed by atoms with van der Waals surface area (Å²) >= 11 is 0. The van der Waals surface area contributed by atoms with Gasteiger partial charge in [0.25, 0.3) is 5.91 Å². The minimum Gasteiger partial charge on any atom is -0.461 e. The van der Waals surface area contributed by atoms with Crippen LogP contribution in [0.5, 0.6) is 0 Å². The Balaban J connectivity index is 1.60. The molecule has 0 spiro atoms. The van der Waals surface area contributed by atoms with E-state index in [4.69, 9.17) is 13.7 Å². The zero-order valence-electron chi connectivity index (χ0n) is 10.3. The molecular weight excluding hydrogens is 248 g/mol. The van der Waals surface area contributed by atoms with E-state index in [1.165, 1.54) is 6.26 Å². The van der Waals surface area contributed by atoms with Crippen LogP contribution in [0.15, 0.2) is 33.4 Å². The molecule has 6 nitrogen and oxygen atoms in total.